The van der Waals surface area contributed by atoms with Crippen LogP contribution in [0.4, 0.5) is 0 Å². The predicted octanol–water partition coefficient (Wildman–Crippen LogP) is 2.78. The summed E-state index contributed by atoms with van der Waals surface area (Å²) in [6.07, 6.45) is -0.747. The summed E-state index contributed by atoms with van der Waals surface area (Å²) in [6, 6.07) is 14.1. The first-order valence-corrected chi connectivity index (χ1v) is 6.79. The smallest absolute Gasteiger partial charge is 0.345 e. The van der Waals surface area contributed by atoms with E-state index in [2.05, 4.69) is 0 Å². The summed E-state index contributed by atoms with van der Waals surface area (Å²) in [5.41, 5.74) is 0.828. The lowest BCUT2D eigenvalue weighted by molar-refractivity contribution is -0.145. The molecule has 0 radical (unpaired) electrons. The number of methoxy groups -OCH3 is 2. The molecule has 0 aliphatic rings. The number of benzene rings is 2. The molecular weight excluding hydrogens is 284 g/mol. The predicted molar refractivity (Wildman–Crippen MR) is 81.7 cm³/mol. The summed E-state index contributed by atoms with van der Waals surface area (Å²) in [5, 5.41) is 9.36. The summed E-state index contributed by atoms with van der Waals surface area (Å²) in [5.74, 6) is 0.728. The van der Waals surface area contributed by atoms with Gasteiger partial charge in [-0.3, -0.25) is 0 Å². The van der Waals surface area contributed by atoms with Crippen molar-refractivity contribution in [2.75, 3.05) is 14.2 Å². The number of aliphatic carboxylic acids is 1. The van der Waals surface area contributed by atoms with E-state index in [9.17, 15) is 9.90 Å². The third-order valence-electron chi connectivity index (χ3n) is 3.15. The van der Waals surface area contributed by atoms with Crippen molar-refractivity contribution in [2.24, 2.45) is 0 Å². The minimum absolute atomic E-state index is 0.240. The van der Waals surface area contributed by atoms with E-state index in [4.69, 9.17) is 14.2 Å². The van der Waals surface area contributed by atoms with Crippen molar-refractivity contribution < 1.29 is 24.1 Å². The minimum Gasteiger partial charge on any atom is -0.497 e. The van der Waals surface area contributed by atoms with Gasteiger partial charge in [-0.2, -0.15) is 0 Å². The van der Waals surface area contributed by atoms with Crippen LogP contribution in [0.15, 0.2) is 48.5 Å². The highest BCUT2D eigenvalue weighted by atomic mass is 16.5. The van der Waals surface area contributed by atoms with Crippen molar-refractivity contribution in [1.29, 1.82) is 0 Å². The normalized spacial score (nSPS) is 11.5. The van der Waals surface area contributed by atoms with Crippen molar-refractivity contribution in [1.82, 2.24) is 0 Å². The molecule has 0 fully saturated rings. The highest BCUT2D eigenvalue weighted by Crippen LogP contribution is 2.22. The summed E-state index contributed by atoms with van der Waals surface area (Å²) < 4.78 is 15.8. The maximum absolute atomic E-state index is 11.4. The fraction of sp³-hybridized carbons (Fsp3) is 0.235. The molecule has 0 saturated carbocycles. The Morgan fingerprint density at radius 3 is 2.23 bits per heavy atom. The Bertz CT molecular complexity index is 589. The molecule has 22 heavy (non-hydrogen) atoms. The van der Waals surface area contributed by atoms with Gasteiger partial charge in [0.25, 0.3) is 0 Å². The molecule has 2 rings (SSSR count). The average Bonchev–Trinajstić information content (AvgIpc) is 2.54. The maximum Gasteiger partial charge on any atom is 0.345 e. The van der Waals surface area contributed by atoms with Gasteiger partial charge in [-0.1, -0.05) is 18.2 Å². The topological polar surface area (TPSA) is 65.0 Å². The van der Waals surface area contributed by atoms with Crippen LogP contribution in [-0.2, 0) is 11.2 Å². The molecule has 0 aromatic heterocycles. The van der Waals surface area contributed by atoms with Crippen molar-refractivity contribution >= 4 is 5.97 Å². The van der Waals surface area contributed by atoms with Gasteiger partial charge in [0.2, 0.25) is 0 Å². The quantitative estimate of drug-likeness (QED) is 0.852. The molecule has 1 N–H and O–H groups in total. The van der Waals surface area contributed by atoms with E-state index in [-0.39, 0.29) is 6.42 Å². The molecule has 0 unspecified atom stereocenters. The van der Waals surface area contributed by atoms with E-state index in [1.807, 2.05) is 18.2 Å². The lowest BCUT2D eigenvalue weighted by Gasteiger charge is -2.16. The van der Waals surface area contributed by atoms with Crippen LogP contribution in [0, 0.1) is 0 Å². The zero-order valence-corrected chi connectivity index (χ0v) is 12.5. The molecule has 0 aliphatic heterocycles. The number of hydrogen-bond donors (Lipinski definition) is 1. The van der Waals surface area contributed by atoms with Crippen LogP contribution in [0.1, 0.15) is 5.56 Å². The van der Waals surface area contributed by atoms with Gasteiger partial charge in [0.15, 0.2) is 6.10 Å². The Kier molecular flexibility index (Phi) is 5.25. The van der Waals surface area contributed by atoms with Gasteiger partial charge in [-0.15, -0.1) is 0 Å². The minimum atomic E-state index is -1.02. The van der Waals surface area contributed by atoms with Crippen molar-refractivity contribution in [3.8, 4) is 17.2 Å². The molecule has 0 amide bonds. The lowest BCUT2D eigenvalue weighted by Crippen LogP contribution is -2.29. The van der Waals surface area contributed by atoms with Gasteiger partial charge >= 0.3 is 5.97 Å². The summed E-state index contributed by atoms with van der Waals surface area (Å²) >= 11 is 0. The molecule has 2 aromatic carbocycles. The molecule has 2 aromatic rings. The SMILES string of the molecule is COc1cccc(C[C@H](Oc2cccc(OC)c2)C(=O)O)c1. The largest absolute Gasteiger partial charge is 0.497 e. The van der Waals surface area contributed by atoms with Crippen LogP contribution in [0.3, 0.4) is 0 Å². The molecular formula is C17H18O5. The number of carboxylic acids is 1. The molecule has 0 heterocycles. The standard InChI is InChI=1S/C17H18O5/c1-20-13-6-3-5-12(9-13)10-16(17(18)19)22-15-8-4-7-14(11-15)21-2/h3-9,11,16H,10H2,1-2H3,(H,18,19)/t16-/m0/s1. The molecule has 1 atom stereocenters. The maximum atomic E-state index is 11.4. The lowest BCUT2D eigenvalue weighted by atomic mass is 10.1. The van der Waals surface area contributed by atoms with E-state index in [1.54, 1.807) is 44.6 Å². The Morgan fingerprint density at radius 2 is 1.59 bits per heavy atom. The van der Waals surface area contributed by atoms with Crippen LogP contribution in [0.5, 0.6) is 17.2 Å². The monoisotopic (exact) mass is 302 g/mol. The molecule has 116 valence electrons. The summed E-state index contributed by atoms with van der Waals surface area (Å²) in [6.45, 7) is 0. The van der Waals surface area contributed by atoms with E-state index in [0.29, 0.717) is 17.2 Å². The van der Waals surface area contributed by atoms with Gasteiger partial charge in [0.05, 0.1) is 14.2 Å². The molecule has 5 heteroatoms. The first-order valence-electron chi connectivity index (χ1n) is 6.79. The third kappa shape index (κ3) is 4.15. The third-order valence-corrected chi connectivity index (χ3v) is 3.15. The van der Waals surface area contributed by atoms with Crippen LogP contribution in [0.2, 0.25) is 0 Å². The fourth-order valence-electron chi connectivity index (χ4n) is 2.03. The Morgan fingerprint density at radius 1 is 1.00 bits per heavy atom. The van der Waals surface area contributed by atoms with Crippen LogP contribution >= 0.6 is 0 Å². The second kappa shape index (κ2) is 7.36. The zero-order valence-electron chi connectivity index (χ0n) is 12.5. The van der Waals surface area contributed by atoms with E-state index < -0.39 is 12.1 Å². The number of ether oxygens (including phenoxy) is 3. The second-order valence-electron chi connectivity index (χ2n) is 4.68. The number of hydrogen-bond acceptors (Lipinski definition) is 4. The molecule has 0 aliphatic carbocycles. The highest BCUT2D eigenvalue weighted by Gasteiger charge is 2.20. The summed E-state index contributed by atoms with van der Waals surface area (Å²) in [4.78, 5) is 11.4. The van der Waals surface area contributed by atoms with Crippen molar-refractivity contribution in [3.63, 3.8) is 0 Å². The van der Waals surface area contributed by atoms with Gasteiger partial charge in [-0.25, -0.2) is 4.79 Å². The Hall–Kier alpha value is -2.69. The van der Waals surface area contributed by atoms with Crippen molar-refractivity contribution in [2.45, 2.75) is 12.5 Å². The summed E-state index contributed by atoms with van der Waals surface area (Å²) in [7, 11) is 3.12. The van der Waals surface area contributed by atoms with Crippen LogP contribution in [-0.4, -0.2) is 31.4 Å². The molecule has 0 spiro atoms. The van der Waals surface area contributed by atoms with Gasteiger partial charge in [0, 0.05) is 12.5 Å². The Balaban J connectivity index is 2.14. The first kappa shape index (κ1) is 15.7. The molecule has 0 saturated heterocycles. The number of carbonyl (C=O) groups is 1. The number of carboxylic acid groups (broad SMARTS) is 1. The van der Waals surface area contributed by atoms with Gasteiger partial charge in [-0.05, 0) is 29.8 Å². The molecule has 5 nitrogen and oxygen atoms in total. The van der Waals surface area contributed by atoms with E-state index >= 15 is 0 Å². The van der Waals surface area contributed by atoms with Gasteiger partial charge in [0.1, 0.15) is 17.2 Å². The highest BCUT2D eigenvalue weighted by molar-refractivity contribution is 5.73. The number of rotatable bonds is 7. The molecule has 0 bridgehead atoms. The Labute approximate surface area is 129 Å². The average molecular weight is 302 g/mol. The van der Waals surface area contributed by atoms with Gasteiger partial charge < -0.3 is 19.3 Å². The zero-order chi connectivity index (χ0) is 15.9. The first-order chi connectivity index (χ1) is 10.6. The second-order valence-corrected chi connectivity index (χ2v) is 4.68. The van der Waals surface area contributed by atoms with E-state index in [0.717, 1.165) is 5.56 Å². The van der Waals surface area contributed by atoms with E-state index in [1.165, 1.54) is 0 Å². The van der Waals surface area contributed by atoms with Crippen LogP contribution in [0.25, 0.3) is 0 Å². The van der Waals surface area contributed by atoms with Crippen LogP contribution < -0.4 is 14.2 Å². The fourth-order valence-corrected chi connectivity index (χ4v) is 2.03. The van der Waals surface area contributed by atoms with Crippen molar-refractivity contribution in [3.05, 3.63) is 54.1 Å².